The molecule has 2 aliphatic rings. The number of aromatic nitrogens is 3. The summed E-state index contributed by atoms with van der Waals surface area (Å²) >= 11 is 8.68. The topological polar surface area (TPSA) is 110 Å². The molecule has 0 saturated carbocycles. The van der Waals surface area contributed by atoms with E-state index in [-0.39, 0.29) is 41.1 Å². The lowest BCUT2D eigenvalue weighted by molar-refractivity contribution is -0.0466. The molecule has 37 heavy (non-hydrogen) atoms. The third-order valence-corrected chi connectivity index (χ3v) is 8.40. The number of benzene rings is 1. The second-order valence-electron chi connectivity index (χ2n) is 8.60. The van der Waals surface area contributed by atoms with Crippen molar-refractivity contribution in [3.05, 3.63) is 63.2 Å². The van der Waals surface area contributed by atoms with E-state index < -0.39 is 18.0 Å². The molecule has 2 aliphatic heterocycles. The number of nitrogens with zero attached hydrogens (tertiary/aromatic N) is 4. The number of aliphatic imine (C=N–C) groups is 1. The van der Waals surface area contributed by atoms with Gasteiger partial charge in [-0.2, -0.15) is 13.9 Å². The number of rotatable bonds is 5. The Balaban J connectivity index is 1.40. The number of anilines is 1. The molecule has 3 atom stereocenters. The van der Waals surface area contributed by atoms with E-state index in [4.69, 9.17) is 21.3 Å². The summed E-state index contributed by atoms with van der Waals surface area (Å²) in [7, 11) is 0. The zero-order chi connectivity index (χ0) is 26.2. The fourth-order valence-corrected chi connectivity index (χ4v) is 6.56. The minimum Gasteiger partial charge on any atom is -0.375 e. The minimum absolute atomic E-state index is 0.0422. The zero-order valence-corrected chi connectivity index (χ0v) is 21.7. The average Bonchev–Trinajstić information content (AvgIpc) is 3.52. The van der Waals surface area contributed by atoms with Gasteiger partial charge in [-0.3, -0.25) is 9.59 Å². The number of fused-ring (bicyclic) bond motifs is 1. The molecule has 14 heteroatoms. The molecule has 1 aromatic carbocycles. The largest absolute Gasteiger partial charge is 0.375 e. The summed E-state index contributed by atoms with van der Waals surface area (Å²) in [5.41, 5.74) is -0.664. The maximum atomic E-state index is 12.9. The Hall–Kier alpha value is -2.87. The molecule has 2 aromatic heterocycles. The highest BCUT2D eigenvalue weighted by Gasteiger charge is 2.50. The van der Waals surface area contributed by atoms with Crippen LogP contribution in [-0.2, 0) is 10.3 Å². The van der Waals surface area contributed by atoms with Crippen LogP contribution in [0.3, 0.4) is 0 Å². The van der Waals surface area contributed by atoms with Crippen molar-refractivity contribution in [2.24, 2.45) is 10.9 Å². The fraction of sp³-hybridized carbons (Fsp3) is 0.348. The van der Waals surface area contributed by atoms with E-state index in [1.54, 1.807) is 29.6 Å². The van der Waals surface area contributed by atoms with E-state index in [1.165, 1.54) is 23.1 Å². The Morgan fingerprint density at radius 3 is 2.76 bits per heavy atom. The monoisotopic (exact) mass is 566 g/mol. The summed E-state index contributed by atoms with van der Waals surface area (Å²) in [5, 5.41) is 11.5. The lowest BCUT2D eigenvalue weighted by Crippen LogP contribution is -2.50. The molecular formula is C23H21ClF2N6O3S2. The molecule has 2 amide bonds. The third kappa shape index (κ3) is 5.26. The van der Waals surface area contributed by atoms with E-state index in [9.17, 15) is 18.4 Å². The summed E-state index contributed by atoms with van der Waals surface area (Å²) in [5.74, 6) is -0.0314. The number of halogens is 3. The number of hydrogen-bond acceptors (Lipinski definition) is 8. The molecular weight excluding hydrogens is 546 g/mol. The van der Waals surface area contributed by atoms with Crippen molar-refractivity contribution >= 4 is 57.5 Å². The van der Waals surface area contributed by atoms with Crippen molar-refractivity contribution in [2.45, 2.75) is 31.5 Å². The second-order valence-corrected chi connectivity index (χ2v) is 10.9. The highest BCUT2D eigenvalue weighted by molar-refractivity contribution is 8.13. The molecule has 2 N–H and O–H groups in total. The van der Waals surface area contributed by atoms with E-state index in [1.807, 2.05) is 13.0 Å². The summed E-state index contributed by atoms with van der Waals surface area (Å²) in [4.78, 5) is 34.9. The molecule has 4 heterocycles. The first-order chi connectivity index (χ1) is 17.7. The predicted molar refractivity (Wildman–Crippen MR) is 138 cm³/mol. The maximum absolute atomic E-state index is 12.9. The highest BCUT2D eigenvalue weighted by Crippen LogP contribution is 2.47. The van der Waals surface area contributed by atoms with Gasteiger partial charge in [0.1, 0.15) is 16.4 Å². The van der Waals surface area contributed by atoms with Crippen LogP contribution in [0, 0.1) is 5.92 Å². The fourth-order valence-electron chi connectivity index (χ4n) is 4.21. The normalized spacial score (nSPS) is 23.3. The van der Waals surface area contributed by atoms with Crippen molar-refractivity contribution in [3.8, 4) is 0 Å². The van der Waals surface area contributed by atoms with E-state index >= 15 is 0 Å². The third-order valence-electron chi connectivity index (χ3n) is 6.08. The van der Waals surface area contributed by atoms with Crippen molar-refractivity contribution in [2.75, 3.05) is 17.7 Å². The number of thioether (sulfide) groups is 1. The Morgan fingerprint density at radius 1 is 1.24 bits per heavy atom. The van der Waals surface area contributed by atoms with Crippen molar-refractivity contribution in [1.82, 2.24) is 20.1 Å². The predicted octanol–water partition coefficient (Wildman–Crippen LogP) is 4.79. The highest BCUT2D eigenvalue weighted by atomic mass is 35.5. The van der Waals surface area contributed by atoms with Crippen LogP contribution in [0.4, 0.5) is 14.6 Å². The Kier molecular flexibility index (Phi) is 7.30. The Labute approximate surface area is 223 Å². The van der Waals surface area contributed by atoms with Gasteiger partial charge in [0.15, 0.2) is 10.9 Å². The summed E-state index contributed by atoms with van der Waals surface area (Å²) in [6, 6.07) is 8.85. The molecule has 0 aliphatic carbocycles. The molecule has 0 unspecified atom stereocenters. The molecule has 5 rings (SSSR count). The second kappa shape index (κ2) is 10.5. The molecule has 9 nitrogen and oxygen atoms in total. The lowest BCUT2D eigenvalue weighted by atomic mass is 9.80. The van der Waals surface area contributed by atoms with Crippen LogP contribution >= 0.6 is 34.7 Å². The van der Waals surface area contributed by atoms with Crippen molar-refractivity contribution in [1.29, 1.82) is 0 Å². The minimum atomic E-state index is -2.92. The lowest BCUT2D eigenvalue weighted by Gasteiger charge is -2.44. The smallest absolute Gasteiger partial charge is 0.333 e. The van der Waals surface area contributed by atoms with Gasteiger partial charge in [0.2, 0.25) is 0 Å². The average molecular weight is 567 g/mol. The first-order valence-electron chi connectivity index (χ1n) is 11.3. The van der Waals surface area contributed by atoms with Gasteiger partial charge in [0.25, 0.3) is 11.8 Å². The van der Waals surface area contributed by atoms with Gasteiger partial charge in [-0.15, -0.1) is 11.3 Å². The van der Waals surface area contributed by atoms with Gasteiger partial charge >= 0.3 is 6.55 Å². The number of amides is 2. The van der Waals surface area contributed by atoms with Crippen LogP contribution in [0.5, 0.6) is 0 Å². The molecule has 194 valence electrons. The van der Waals surface area contributed by atoms with Crippen LogP contribution in [0.1, 0.15) is 45.7 Å². The van der Waals surface area contributed by atoms with Gasteiger partial charge in [-0.05, 0) is 25.5 Å². The first kappa shape index (κ1) is 25.8. The summed E-state index contributed by atoms with van der Waals surface area (Å²) < 4.78 is 32.1. The van der Waals surface area contributed by atoms with Gasteiger partial charge in [-0.1, -0.05) is 41.6 Å². The Morgan fingerprint density at radius 2 is 2.03 bits per heavy atom. The standard InChI is InChI=1S/C23H21ClF2N6O3S2/c1-12-7-14-9-37-22(29-18(33)13-5-3-2-4-6-13)30-23(14,11-35-12)20-28-16(10-36-20)27-19(34)17-15(24)8-32(31-17)21(25)26/h2-6,8,10,12,14,21H,7,9,11H2,1H3,(H,27,34)(H,29,30,33)/t12-,14-,23-/m0/s1. The number of alkyl halides is 2. The molecule has 0 spiro atoms. The van der Waals surface area contributed by atoms with Crippen LogP contribution in [0.15, 0.2) is 46.9 Å². The molecule has 1 fully saturated rings. The number of carbonyl (C=O) groups excluding carboxylic acids is 2. The number of carbonyl (C=O) groups is 2. The molecule has 1 saturated heterocycles. The van der Waals surface area contributed by atoms with E-state index in [2.05, 4.69) is 20.7 Å². The van der Waals surface area contributed by atoms with Gasteiger partial charge in [-0.25, -0.2) is 14.7 Å². The Bertz CT molecular complexity index is 1350. The quantitative estimate of drug-likeness (QED) is 0.459. The van der Waals surface area contributed by atoms with Crippen LogP contribution in [0.2, 0.25) is 5.02 Å². The van der Waals surface area contributed by atoms with E-state index in [0.717, 1.165) is 12.6 Å². The number of hydrogen-bond donors (Lipinski definition) is 2. The van der Waals surface area contributed by atoms with Crippen molar-refractivity contribution < 1.29 is 23.1 Å². The number of ether oxygens (including phenoxy) is 1. The first-order valence-corrected chi connectivity index (χ1v) is 13.5. The van der Waals surface area contributed by atoms with Crippen LogP contribution in [-0.4, -0.2) is 50.2 Å². The molecule has 0 radical (unpaired) electrons. The van der Waals surface area contributed by atoms with Gasteiger partial charge in [0, 0.05) is 22.6 Å². The zero-order valence-electron chi connectivity index (χ0n) is 19.4. The maximum Gasteiger partial charge on any atom is 0.333 e. The summed E-state index contributed by atoms with van der Waals surface area (Å²) in [6.07, 6.45) is 1.68. The van der Waals surface area contributed by atoms with E-state index in [0.29, 0.717) is 26.2 Å². The van der Waals surface area contributed by atoms with Crippen LogP contribution in [0.25, 0.3) is 0 Å². The number of thiazole rings is 1. The van der Waals surface area contributed by atoms with Crippen LogP contribution < -0.4 is 10.6 Å². The van der Waals surface area contributed by atoms with Crippen molar-refractivity contribution in [3.63, 3.8) is 0 Å². The molecule has 3 aromatic rings. The van der Waals surface area contributed by atoms with Gasteiger partial charge < -0.3 is 15.4 Å². The van der Waals surface area contributed by atoms with Gasteiger partial charge in [0.05, 0.1) is 23.9 Å². The number of nitrogens with one attached hydrogen (secondary N) is 2. The number of amidine groups is 1. The summed E-state index contributed by atoms with van der Waals surface area (Å²) in [6.45, 7) is -0.663. The molecule has 0 bridgehead atoms. The SMILES string of the molecule is C[C@H]1C[C@H]2CSC(NC(=O)c3ccccc3)=N[C@@]2(c2nc(NC(=O)c3nn(C(F)F)cc3Cl)cs2)CO1.